The third-order valence-electron chi connectivity index (χ3n) is 3.28. The van der Waals surface area contributed by atoms with Crippen LogP contribution in [0.15, 0.2) is 0 Å². The molecule has 16 heavy (non-hydrogen) atoms. The van der Waals surface area contributed by atoms with E-state index >= 15 is 0 Å². The van der Waals surface area contributed by atoms with Crippen molar-refractivity contribution in [3.05, 3.63) is 0 Å². The summed E-state index contributed by atoms with van der Waals surface area (Å²) in [5.41, 5.74) is 0. The molecule has 3 heteroatoms. The summed E-state index contributed by atoms with van der Waals surface area (Å²) in [4.78, 5) is 13.8. The monoisotopic (exact) mass is 227 g/mol. The quantitative estimate of drug-likeness (QED) is 0.674. The lowest BCUT2D eigenvalue weighted by molar-refractivity contribution is -0.145. The largest absolute Gasteiger partial charge is 0.469 e. The maximum atomic E-state index is 11.3. The van der Waals surface area contributed by atoms with E-state index in [-0.39, 0.29) is 11.9 Å². The maximum absolute atomic E-state index is 11.3. The van der Waals surface area contributed by atoms with Gasteiger partial charge in [-0.25, -0.2) is 0 Å². The highest BCUT2D eigenvalue weighted by Gasteiger charge is 2.26. The average Bonchev–Trinajstić information content (AvgIpc) is 2.63. The van der Waals surface area contributed by atoms with Gasteiger partial charge < -0.3 is 9.64 Å². The minimum absolute atomic E-state index is 0.0500. The van der Waals surface area contributed by atoms with Crippen LogP contribution in [0, 0.1) is 17.8 Å². The normalized spacial score (nSPS) is 23.7. The van der Waals surface area contributed by atoms with E-state index in [9.17, 15) is 4.79 Å². The van der Waals surface area contributed by atoms with E-state index in [1.54, 1.807) is 0 Å². The molecule has 0 bridgehead atoms. The number of hydrogen-bond donors (Lipinski definition) is 0. The van der Waals surface area contributed by atoms with Gasteiger partial charge in [-0.3, -0.25) is 4.79 Å². The summed E-state index contributed by atoms with van der Waals surface area (Å²) in [5, 5.41) is 0. The summed E-state index contributed by atoms with van der Waals surface area (Å²) in [7, 11) is 1.47. The average molecular weight is 227 g/mol. The topological polar surface area (TPSA) is 29.5 Å². The number of rotatable bonds is 5. The Labute approximate surface area is 99.1 Å². The van der Waals surface area contributed by atoms with Gasteiger partial charge >= 0.3 is 5.97 Å². The van der Waals surface area contributed by atoms with Crippen molar-refractivity contribution < 1.29 is 9.53 Å². The minimum Gasteiger partial charge on any atom is -0.469 e. The van der Waals surface area contributed by atoms with Gasteiger partial charge in [0.2, 0.25) is 0 Å². The first kappa shape index (κ1) is 13.5. The molecule has 1 heterocycles. The van der Waals surface area contributed by atoms with Crippen LogP contribution in [0.1, 0.15) is 33.6 Å². The fourth-order valence-electron chi connectivity index (χ4n) is 2.58. The molecule has 94 valence electrons. The second-order valence-corrected chi connectivity index (χ2v) is 5.47. The van der Waals surface area contributed by atoms with Gasteiger partial charge in [-0.1, -0.05) is 20.8 Å². The van der Waals surface area contributed by atoms with E-state index in [0.717, 1.165) is 18.9 Å². The fraction of sp³-hybridized carbons (Fsp3) is 0.923. The van der Waals surface area contributed by atoms with E-state index in [1.807, 2.05) is 6.92 Å². The van der Waals surface area contributed by atoms with Crippen LogP contribution in [0.3, 0.4) is 0 Å². The van der Waals surface area contributed by atoms with Crippen molar-refractivity contribution in [2.24, 2.45) is 17.8 Å². The summed E-state index contributed by atoms with van der Waals surface area (Å²) in [6, 6.07) is 0. The van der Waals surface area contributed by atoms with Gasteiger partial charge in [-0.2, -0.15) is 0 Å². The molecular weight excluding hydrogens is 202 g/mol. The molecule has 3 nitrogen and oxygen atoms in total. The third-order valence-corrected chi connectivity index (χ3v) is 3.28. The zero-order valence-corrected chi connectivity index (χ0v) is 11.0. The second-order valence-electron chi connectivity index (χ2n) is 5.47. The number of carbonyl (C=O) groups excluding carboxylic acids is 1. The molecule has 1 rings (SSSR count). The Hall–Kier alpha value is -0.570. The lowest BCUT2D eigenvalue weighted by atomic mass is 9.95. The van der Waals surface area contributed by atoms with E-state index < -0.39 is 0 Å². The number of carbonyl (C=O) groups is 1. The molecule has 0 aliphatic carbocycles. The van der Waals surface area contributed by atoms with Crippen molar-refractivity contribution in [1.82, 2.24) is 4.90 Å². The molecule has 0 saturated carbocycles. The minimum atomic E-state index is -0.0673. The Balaban J connectivity index is 2.28. The van der Waals surface area contributed by atoms with Crippen molar-refractivity contribution in [3.63, 3.8) is 0 Å². The van der Waals surface area contributed by atoms with Crippen LogP contribution in [0.25, 0.3) is 0 Å². The van der Waals surface area contributed by atoms with Crippen molar-refractivity contribution in [1.29, 1.82) is 0 Å². The van der Waals surface area contributed by atoms with Gasteiger partial charge in [0.05, 0.1) is 13.0 Å². The molecular formula is C13H25NO2. The predicted molar refractivity (Wildman–Crippen MR) is 65.2 cm³/mol. The van der Waals surface area contributed by atoms with Crippen LogP contribution >= 0.6 is 0 Å². The highest BCUT2D eigenvalue weighted by Crippen LogP contribution is 2.24. The van der Waals surface area contributed by atoms with Crippen molar-refractivity contribution >= 4 is 5.97 Å². The predicted octanol–water partition coefficient (Wildman–Crippen LogP) is 2.16. The smallest absolute Gasteiger partial charge is 0.308 e. The first-order valence-corrected chi connectivity index (χ1v) is 6.33. The number of hydrogen-bond acceptors (Lipinski definition) is 3. The Morgan fingerprint density at radius 1 is 1.44 bits per heavy atom. The number of methoxy groups -OCH3 is 1. The molecule has 1 aliphatic heterocycles. The van der Waals surface area contributed by atoms with Gasteiger partial charge in [-0.15, -0.1) is 0 Å². The van der Waals surface area contributed by atoms with Crippen LogP contribution in [-0.2, 0) is 9.53 Å². The van der Waals surface area contributed by atoms with E-state index in [2.05, 4.69) is 18.7 Å². The molecule has 1 fully saturated rings. The molecule has 0 N–H and O–H groups in total. The Morgan fingerprint density at radius 2 is 2.12 bits per heavy atom. The summed E-state index contributed by atoms with van der Waals surface area (Å²) < 4.78 is 4.76. The number of nitrogens with zero attached hydrogens (tertiary/aromatic N) is 1. The number of likely N-dealkylation sites (tertiary alicyclic amines) is 1. The number of esters is 1. The molecule has 0 spiro atoms. The second kappa shape index (κ2) is 6.24. The molecule has 1 aliphatic rings. The SMILES string of the molecule is COC(=O)C(C)CC1CCN(CC(C)C)C1. The van der Waals surface area contributed by atoms with Crippen molar-refractivity contribution in [2.75, 3.05) is 26.7 Å². The lowest BCUT2D eigenvalue weighted by Gasteiger charge is -2.19. The molecule has 2 unspecified atom stereocenters. The molecule has 0 aromatic rings. The van der Waals surface area contributed by atoms with Gasteiger partial charge in [-0.05, 0) is 31.2 Å². The molecule has 0 aromatic carbocycles. The summed E-state index contributed by atoms with van der Waals surface area (Å²) in [6.45, 7) is 10.0. The Kier molecular flexibility index (Phi) is 5.26. The van der Waals surface area contributed by atoms with Gasteiger partial charge in [0.1, 0.15) is 0 Å². The first-order valence-electron chi connectivity index (χ1n) is 6.33. The zero-order chi connectivity index (χ0) is 12.1. The summed E-state index contributed by atoms with van der Waals surface area (Å²) in [5.74, 6) is 1.39. The van der Waals surface area contributed by atoms with E-state index in [0.29, 0.717) is 5.92 Å². The standard InChI is InChI=1S/C13H25NO2/c1-10(2)8-14-6-5-12(9-14)7-11(3)13(15)16-4/h10-12H,5-9H2,1-4H3. The van der Waals surface area contributed by atoms with Crippen LogP contribution in [-0.4, -0.2) is 37.6 Å². The first-order chi connectivity index (χ1) is 7.52. The highest BCUT2D eigenvalue weighted by molar-refractivity contribution is 5.71. The fourth-order valence-corrected chi connectivity index (χ4v) is 2.58. The van der Waals surface area contributed by atoms with Gasteiger partial charge in [0.15, 0.2) is 0 Å². The molecule has 2 atom stereocenters. The number of ether oxygens (including phenoxy) is 1. The van der Waals surface area contributed by atoms with E-state index in [4.69, 9.17) is 4.74 Å². The Morgan fingerprint density at radius 3 is 2.69 bits per heavy atom. The van der Waals surface area contributed by atoms with E-state index in [1.165, 1.54) is 26.6 Å². The zero-order valence-electron chi connectivity index (χ0n) is 11.0. The van der Waals surface area contributed by atoms with Crippen LogP contribution in [0.5, 0.6) is 0 Å². The molecule has 0 amide bonds. The van der Waals surface area contributed by atoms with Crippen LogP contribution in [0.2, 0.25) is 0 Å². The third kappa shape index (κ3) is 4.12. The molecule has 0 aromatic heterocycles. The van der Waals surface area contributed by atoms with Crippen LogP contribution < -0.4 is 0 Å². The Bertz CT molecular complexity index is 228. The molecule has 0 radical (unpaired) electrons. The van der Waals surface area contributed by atoms with Crippen molar-refractivity contribution in [2.45, 2.75) is 33.6 Å². The van der Waals surface area contributed by atoms with Crippen LogP contribution in [0.4, 0.5) is 0 Å². The van der Waals surface area contributed by atoms with Crippen molar-refractivity contribution in [3.8, 4) is 0 Å². The van der Waals surface area contributed by atoms with Gasteiger partial charge in [0.25, 0.3) is 0 Å². The highest BCUT2D eigenvalue weighted by atomic mass is 16.5. The summed E-state index contributed by atoms with van der Waals surface area (Å²) >= 11 is 0. The maximum Gasteiger partial charge on any atom is 0.308 e. The lowest BCUT2D eigenvalue weighted by Crippen LogP contribution is -2.26. The molecule has 1 saturated heterocycles. The summed E-state index contributed by atoms with van der Waals surface area (Å²) in [6.07, 6.45) is 2.20. The van der Waals surface area contributed by atoms with Gasteiger partial charge in [0, 0.05) is 13.1 Å².